The number of esters is 2. The maximum atomic E-state index is 12.4. The molecule has 2 amide bonds. The fourth-order valence-corrected chi connectivity index (χ4v) is 3.47. The molecular formula is C24H25ClN2O6. The Bertz CT molecular complexity index is 1040. The van der Waals surface area contributed by atoms with Crippen LogP contribution in [0.4, 0.5) is 11.4 Å². The molecule has 1 atom stereocenters. The number of nitrogens with one attached hydrogen (secondary N) is 1. The predicted octanol–water partition coefficient (Wildman–Crippen LogP) is 3.69. The minimum atomic E-state index is -0.683. The standard InChI is InChI=1S/C24H25ClN2O6/c1-15(2)13-32-23(30)16-7-9-18(10-8-16)26-21(28)14-33-24(31)17-11-22(29)27(12-17)20-6-4-3-5-19(20)25/h3-10,15,17H,11-14H2,1-2H3,(H,26,28)/t17-/m0/s1. The van der Waals surface area contributed by atoms with Crippen molar-refractivity contribution in [2.75, 3.05) is 30.0 Å². The molecule has 0 spiro atoms. The summed E-state index contributed by atoms with van der Waals surface area (Å²) in [6.07, 6.45) is -0.0138. The smallest absolute Gasteiger partial charge is 0.338 e. The van der Waals surface area contributed by atoms with Crippen molar-refractivity contribution in [2.24, 2.45) is 11.8 Å². The first-order chi connectivity index (χ1) is 15.7. The average Bonchev–Trinajstić information content (AvgIpc) is 3.18. The number of ether oxygens (including phenoxy) is 2. The lowest BCUT2D eigenvalue weighted by molar-refractivity contribution is -0.151. The summed E-state index contributed by atoms with van der Waals surface area (Å²) in [5.41, 5.74) is 1.35. The minimum absolute atomic E-state index is 0.0138. The Balaban J connectivity index is 1.47. The van der Waals surface area contributed by atoms with Crippen molar-refractivity contribution in [2.45, 2.75) is 20.3 Å². The van der Waals surface area contributed by atoms with Crippen LogP contribution in [0.25, 0.3) is 0 Å². The second-order valence-corrected chi connectivity index (χ2v) is 8.49. The predicted molar refractivity (Wildman–Crippen MR) is 123 cm³/mol. The highest BCUT2D eigenvalue weighted by atomic mass is 35.5. The van der Waals surface area contributed by atoms with E-state index in [0.717, 1.165) is 0 Å². The third-order valence-electron chi connectivity index (χ3n) is 4.90. The van der Waals surface area contributed by atoms with Crippen LogP contribution >= 0.6 is 11.6 Å². The molecule has 8 nitrogen and oxygen atoms in total. The van der Waals surface area contributed by atoms with Gasteiger partial charge in [0.15, 0.2) is 6.61 Å². The second kappa shape index (κ2) is 11.0. The van der Waals surface area contributed by atoms with E-state index < -0.39 is 30.4 Å². The number of carbonyl (C=O) groups excluding carboxylic acids is 4. The van der Waals surface area contributed by atoms with E-state index in [1.54, 1.807) is 36.4 Å². The maximum absolute atomic E-state index is 12.4. The highest BCUT2D eigenvalue weighted by molar-refractivity contribution is 6.33. The SMILES string of the molecule is CC(C)COC(=O)c1ccc(NC(=O)COC(=O)[C@H]2CC(=O)N(c3ccccc3Cl)C2)cc1. The molecular weight excluding hydrogens is 448 g/mol. The molecule has 1 aliphatic heterocycles. The molecule has 9 heteroatoms. The van der Waals surface area contributed by atoms with Crippen molar-refractivity contribution in [3.63, 3.8) is 0 Å². The van der Waals surface area contributed by atoms with Gasteiger partial charge in [-0.25, -0.2) is 4.79 Å². The molecule has 33 heavy (non-hydrogen) atoms. The number of rotatable bonds is 8. The number of amides is 2. The van der Waals surface area contributed by atoms with Crippen LogP contribution in [0.5, 0.6) is 0 Å². The highest BCUT2D eigenvalue weighted by Crippen LogP contribution is 2.31. The normalized spacial score (nSPS) is 15.5. The van der Waals surface area contributed by atoms with Gasteiger partial charge in [-0.15, -0.1) is 0 Å². The Labute approximate surface area is 196 Å². The van der Waals surface area contributed by atoms with Crippen LogP contribution in [0.2, 0.25) is 5.02 Å². The van der Waals surface area contributed by atoms with E-state index in [1.165, 1.54) is 17.0 Å². The highest BCUT2D eigenvalue weighted by Gasteiger charge is 2.37. The Kier molecular flexibility index (Phi) is 8.06. The van der Waals surface area contributed by atoms with Gasteiger partial charge < -0.3 is 19.7 Å². The lowest BCUT2D eigenvalue weighted by atomic mass is 10.1. The molecule has 1 heterocycles. The van der Waals surface area contributed by atoms with Crippen molar-refractivity contribution < 1.29 is 28.7 Å². The summed E-state index contributed by atoms with van der Waals surface area (Å²) in [4.78, 5) is 50.2. The lowest BCUT2D eigenvalue weighted by Crippen LogP contribution is -2.28. The van der Waals surface area contributed by atoms with E-state index in [2.05, 4.69) is 5.32 Å². The van der Waals surface area contributed by atoms with Crippen molar-refractivity contribution in [1.29, 1.82) is 0 Å². The zero-order valence-electron chi connectivity index (χ0n) is 18.4. The third-order valence-corrected chi connectivity index (χ3v) is 5.22. The summed E-state index contributed by atoms with van der Waals surface area (Å²) in [5, 5.41) is 3.01. The van der Waals surface area contributed by atoms with E-state index >= 15 is 0 Å². The zero-order valence-corrected chi connectivity index (χ0v) is 19.1. The van der Waals surface area contributed by atoms with Crippen LogP contribution in [0.15, 0.2) is 48.5 Å². The van der Waals surface area contributed by atoms with Crippen LogP contribution in [-0.2, 0) is 23.9 Å². The number of nitrogens with zero attached hydrogens (tertiary/aromatic N) is 1. The van der Waals surface area contributed by atoms with Crippen LogP contribution in [0.3, 0.4) is 0 Å². The van der Waals surface area contributed by atoms with Crippen molar-refractivity contribution in [3.8, 4) is 0 Å². The largest absolute Gasteiger partial charge is 0.462 e. The number of benzene rings is 2. The molecule has 1 N–H and O–H groups in total. The Morgan fingerprint density at radius 1 is 1.09 bits per heavy atom. The summed E-state index contributed by atoms with van der Waals surface area (Å²) >= 11 is 6.14. The molecule has 1 aliphatic rings. The summed E-state index contributed by atoms with van der Waals surface area (Å²) in [6, 6.07) is 13.1. The Hall–Kier alpha value is -3.39. The summed E-state index contributed by atoms with van der Waals surface area (Å²) in [7, 11) is 0. The summed E-state index contributed by atoms with van der Waals surface area (Å²) in [6.45, 7) is 3.85. The molecule has 1 fully saturated rings. The van der Waals surface area contributed by atoms with Crippen molar-refractivity contribution in [1.82, 2.24) is 0 Å². The van der Waals surface area contributed by atoms with Gasteiger partial charge in [-0.1, -0.05) is 37.6 Å². The quantitative estimate of drug-likeness (QED) is 0.588. The first-order valence-electron chi connectivity index (χ1n) is 10.5. The van der Waals surface area contributed by atoms with E-state index in [-0.39, 0.29) is 24.8 Å². The van der Waals surface area contributed by atoms with Crippen molar-refractivity contribution in [3.05, 3.63) is 59.1 Å². The number of hydrogen-bond donors (Lipinski definition) is 1. The number of anilines is 2. The Morgan fingerprint density at radius 2 is 1.79 bits per heavy atom. The van der Waals surface area contributed by atoms with Crippen LogP contribution < -0.4 is 10.2 Å². The monoisotopic (exact) mass is 472 g/mol. The van der Waals surface area contributed by atoms with Gasteiger partial charge in [-0.2, -0.15) is 0 Å². The number of para-hydroxylation sites is 1. The van der Waals surface area contributed by atoms with Gasteiger partial charge in [0.25, 0.3) is 5.91 Å². The molecule has 1 saturated heterocycles. The van der Waals surface area contributed by atoms with Crippen molar-refractivity contribution >= 4 is 46.7 Å². The van der Waals surface area contributed by atoms with Gasteiger partial charge in [-0.05, 0) is 42.3 Å². The summed E-state index contributed by atoms with van der Waals surface area (Å²) in [5.74, 6) is -2.29. The van der Waals surface area contributed by atoms with Gasteiger partial charge in [0, 0.05) is 18.7 Å². The first-order valence-corrected chi connectivity index (χ1v) is 10.9. The average molecular weight is 473 g/mol. The fraction of sp³-hybridized carbons (Fsp3) is 0.333. The number of hydrogen-bond acceptors (Lipinski definition) is 6. The van der Waals surface area contributed by atoms with Crippen LogP contribution in [-0.4, -0.2) is 43.5 Å². The second-order valence-electron chi connectivity index (χ2n) is 8.08. The first kappa shape index (κ1) is 24.3. The molecule has 3 rings (SSSR count). The number of halogens is 1. The van der Waals surface area contributed by atoms with E-state index in [9.17, 15) is 19.2 Å². The molecule has 0 bridgehead atoms. The topological polar surface area (TPSA) is 102 Å². The van der Waals surface area contributed by atoms with Crippen LogP contribution in [0.1, 0.15) is 30.6 Å². The van der Waals surface area contributed by atoms with Crippen LogP contribution in [0, 0.1) is 11.8 Å². The van der Waals surface area contributed by atoms with Gasteiger partial charge >= 0.3 is 11.9 Å². The molecule has 0 unspecified atom stereocenters. The van der Waals surface area contributed by atoms with Gasteiger partial charge in [0.2, 0.25) is 5.91 Å². The summed E-state index contributed by atoms with van der Waals surface area (Å²) < 4.78 is 10.3. The van der Waals surface area contributed by atoms with Gasteiger partial charge in [0.05, 0.1) is 28.8 Å². The fourth-order valence-electron chi connectivity index (χ4n) is 3.24. The molecule has 174 valence electrons. The number of carbonyl (C=O) groups is 4. The maximum Gasteiger partial charge on any atom is 0.338 e. The molecule has 2 aromatic carbocycles. The Morgan fingerprint density at radius 3 is 2.45 bits per heavy atom. The molecule has 0 saturated carbocycles. The minimum Gasteiger partial charge on any atom is -0.462 e. The van der Waals surface area contributed by atoms with Gasteiger partial charge in [0.1, 0.15) is 0 Å². The zero-order chi connectivity index (χ0) is 24.0. The molecule has 2 aromatic rings. The van der Waals surface area contributed by atoms with Gasteiger partial charge in [-0.3, -0.25) is 14.4 Å². The van der Waals surface area contributed by atoms with E-state index in [1.807, 2.05) is 13.8 Å². The van der Waals surface area contributed by atoms with E-state index in [0.29, 0.717) is 28.6 Å². The molecule has 0 radical (unpaired) electrons. The molecule has 0 aliphatic carbocycles. The molecule has 0 aromatic heterocycles. The third kappa shape index (κ3) is 6.55. The lowest BCUT2D eigenvalue weighted by Gasteiger charge is -2.17. The van der Waals surface area contributed by atoms with E-state index in [4.69, 9.17) is 21.1 Å².